The summed E-state index contributed by atoms with van der Waals surface area (Å²) in [7, 11) is 0. The van der Waals surface area contributed by atoms with Gasteiger partial charge in [0.05, 0.1) is 17.2 Å². The molecule has 5 nitrogen and oxygen atoms in total. The summed E-state index contributed by atoms with van der Waals surface area (Å²) < 4.78 is 13.3. The molecule has 120 valence electrons. The van der Waals surface area contributed by atoms with Gasteiger partial charge >= 0.3 is 0 Å². The fourth-order valence-corrected chi connectivity index (χ4v) is 3.16. The van der Waals surface area contributed by atoms with Gasteiger partial charge in [-0.1, -0.05) is 0 Å². The van der Waals surface area contributed by atoms with Gasteiger partial charge < -0.3 is 0 Å². The molecule has 1 heterocycles. The van der Waals surface area contributed by atoms with Crippen LogP contribution in [0.4, 0.5) is 4.39 Å². The molecule has 6 heteroatoms. The monoisotopic (exact) mass is 317 g/mol. The van der Waals surface area contributed by atoms with Crippen molar-refractivity contribution in [1.29, 1.82) is 0 Å². The van der Waals surface area contributed by atoms with Crippen molar-refractivity contribution in [2.75, 3.05) is 0 Å². The molecule has 0 aromatic heterocycles. The molecule has 2 aliphatic rings. The molecule has 1 aliphatic carbocycles. The van der Waals surface area contributed by atoms with E-state index in [4.69, 9.17) is 0 Å². The molecule has 0 spiro atoms. The molecule has 1 aromatic rings. The van der Waals surface area contributed by atoms with E-state index in [9.17, 15) is 23.6 Å². The zero-order chi connectivity index (χ0) is 16.6. The van der Waals surface area contributed by atoms with Gasteiger partial charge in [0.2, 0.25) is 0 Å². The van der Waals surface area contributed by atoms with Crippen LogP contribution < -0.4 is 0 Å². The van der Waals surface area contributed by atoms with Crippen LogP contribution in [-0.4, -0.2) is 34.3 Å². The summed E-state index contributed by atoms with van der Waals surface area (Å²) in [5.41, 5.74) is 0.0874. The first-order chi connectivity index (χ1) is 11.0. The van der Waals surface area contributed by atoms with Crippen LogP contribution in [0, 0.1) is 5.82 Å². The molecule has 0 saturated heterocycles. The van der Waals surface area contributed by atoms with Crippen molar-refractivity contribution >= 4 is 23.4 Å². The van der Waals surface area contributed by atoms with E-state index in [1.165, 1.54) is 6.07 Å². The number of halogens is 1. The van der Waals surface area contributed by atoms with Crippen LogP contribution in [-0.2, 0) is 9.59 Å². The Balaban J connectivity index is 1.93. The van der Waals surface area contributed by atoms with E-state index in [2.05, 4.69) is 0 Å². The number of benzene rings is 1. The van der Waals surface area contributed by atoms with Crippen LogP contribution >= 0.6 is 0 Å². The summed E-state index contributed by atoms with van der Waals surface area (Å²) in [6.07, 6.45) is 2.18. The number of carbonyl (C=O) groups excluding carboxylic acids is 4. The maximum absolute atomic E-state index is 13.3. The third-order valence-corrected chi connectivity index (χ3v) is 4.39. The van der Waals surface area contributed by atoms with Crippen LogP contribution in [0.2, 0.25) is 0 Å². The largest absolute Gasteiger partial charge is 0.300 e. The molecule has 3 rings (SSSR count). The molecule has 23 heavy (non-hydrogen) atoms. The highest BCUT2D eigenvalue weighted by Gasteiger charge is 2.42. The first kappa shape index (κ1) is 15.5. The number of Topliss-reactive ketones (excluding diaryl/α,β-unsaturated/α-hetero) is 2. The fourth-order valence-electron chi connectivity index (χ4n) is 3.16. The summed E-state index contributed by atoms with van der Waals surface area (Å²) in [5, 5.41) is 0. The van der Waals surface area contributed by atoms with E-state index >= 15 is 0 Å². The van der Waals surface area contributed by atoms with E-state index in [-0.39, 0.29) is 42.0 Å². The van der Waals surface area contributed by atoms with Crippen LogP contribution in [0.15, 0.2) is 18.2 Å². The van der Waals surface area contributed by atoms with Crippen molar-refractivity contribution in [2.45, 2.75) is 44.6 Å². The molecule has 1 saturated carbocycles. The Bertz CT molecular complexity index is 713. The summed E-state index contributed by atoms with van der Waals surface area (Å²) in [5.74, 6) is -2.03. The average Bonchev–Trinajstić information content (AvgIpc) is 2.79. The lowest BCUT2D eigenvalue weighted by Gasteiger charge is -2.24. The molecule has 1 unspecified atom stereocenters. The van der Waals surface area contributed by atoms with Crippen LogP contribution in [0.1, 0.15) is 59.2 Å². The first-order valence-corrected chi connectivity index (χ1v) is 7.71. The minimum absolute atomic E-state index is 0.0194. The number of rotatable bonds is 1. The number of nitrogens with zero attached hydrogens (tertiary/aromatic N) is 1. The van der Waals surface area contributed by atoms with Crippen molar-refractivity contribution in [3.05, 3.63) is 35.1 Å². The average molecular weight is 317 g/mol. The number of ketones is 2. The zero-order valence-corrected chi connectivity index (χ0v) is 12.5. The minimum Gasteiger partial charge on any atom is -0.300 e. The number of amides is 2. The van der Waals surface area contributed by atoms with Gasteiger partial charge in [-0.2, -0.15) is 0 Å². The number of fused-ring (bicyclic) bond motifs is 1. The van der Waals surface area contributed by atoms with E-state index in [1.807, 2.05) is 0 Å². The lowest BCUT2D eigenvalue weighted by atomic mass is 10.0. The molecular weight excluding hydrogens is 301 g/mol. The second-order valence-corrected chi connectivity index (χ2v) is 5.94. The van der Waals surface area contributed by atoms with E-state index in [1.54, 1.807) is 0 Å². The second kappa shape index (κ2) is 6.02. The third-order valence-electron chi connectivity index (χ3n) is 4.39. The molecule has 0 radical (unpaired) electrons. The Morgan fingerprint density at radius 1 is 0.913 bits per heavy atom. The Morgan fingerprint density at radius 2 is 1.61 bits per heavy atom. The maximum Gasteiger partial charge on any atom is 0.262 e. The topological polar surface area (TPSA) is 71.5 Å². The highest BCUT2D eigenvalue weighted by Crippen LogP contribution is 2.28. The molecule has 0 bridgehead atoms. The lowest BCUT2D eigenvalue weighted by molar-refractivity contribution is -0.123. The predicted octanol–water partition coefficient (Wildman–Crippen LogP) is 2.28. The van der Waals surface area contributed by atoms with Gasteiger partial charge in [-0.15, -0.1) is 0 Å². The van der Waals surface area contributed by atoms with E-state index < -0.39 is 23.7 Å². The van der Waals surface area contributed by atoms with Gasteiger partial charge in [-0.25, -0.2) is 4.39 Å². The van der Waals surface area contributed by atoms with Crippen molar-refractivity contribution in [2.24, 2.45) is 0 Å². The SMILES string of the molecule is O=C1CCCCC(=O)C(N2C(=O)c3ccc(F)cc3C2=O)CC1. The van der Waals surface area contributed by atoms with Crippen LogP contribution in [0.3, 0.4) is 0 Å². The van der Waals surface area contributed by atoms with Gasteiger partial charge in [-0.05, 0) is 37.5 Å². The number of hydrogen-bond acceptors (Lipinski definition) is 4. The first-order valence-electron chi connectivity index (χ1n) is 7.71. The lowest BCUT2D eigenvalue weighted by Crippen LogP contribution is -2.45. The maximum atomic E-state index is 13.3. The van der Waals surface area contributed by atoms with Crippen molar-refractivity contribution in [1.82, 2.24) is 4.90 Å². The van der Waals surface area contributed by atoms with Gasteiger partial charge in [0.15, 0.2) is 5.78 Å². The summed E-state index contributed by atoms with van der Waals surface area (Å²) in [6, 6.07) is 2.45. The predicted molar refractivity (Wildman–Crippen MR) is 78.4 cm³/mol. The van der Waals surface area contributed by atoms with Gasteiger partial charge in [-0.3, -0.25) is 24.1 Å². The highest BCUT2D eigenvalue weighted by atomic mass is 19.1. The fraction of sp³-hybridized carbons (Fsp3) is 0.412. The molecule has 1 fully saturated rings. The quantitative estimate of drug-likeness (QED) is 0.745. The third kappa shape index (κ3) is 2.81. The van der Waals surface area contributed by atoms with Crippen LogP contribution in [0.5, 0.6) is 0 Å². The number of imide groups is 1. The van der Waals surface area contributed by atoms with Gasteiger partial charge in [0.25, 0.3) is 11.8 Å². The smallest absolute Gasteiger partial charge is 0.262 e. The van der Waals surface area contributed by atoms with Crippen LogP contribution in [0.25, 0.3) is 0 Å². The Hall–Kier alpha value is -2.37. The summed E-state index contributed by atoms with van der Waals surface area (Å²) in [6.45, 7) is 0. The number of carbonyl (C=O) groups is 4. The Labute approximate surface area is 132 Å². The summed E-state index contributed by atoms with van der Waals surface area (Å²) in [4.78, 5) is 50.0. The van der Waals surface area contributed by atoms with Crippen molar-refractivity contribution in [3.8, 4) is 0 Å². The van der Waals surface area contributed by atoms with E-state index in [0.717, 1.165) is 17.0 Å². The molecule has 1 atom stereocenters. The number of hydrogen-bond donors (Lipinski definition) is 0. The standard InChI is InChI=1S/C17H16FNO4/c18-10-5-7-12-13(9-10)17(23)19(16(12)22)14-8-6-11(20)3-1-2-4-15(14)21/h5,7,9,14H,1-4,6,8H2. The minimum atomic E-state index is -0.937. The molecular formula is C17H16FNO4. The molecule has 0 N–H and O–H groups in total. The summed E-state index contributed by atoms with van der Waals surface area (Å²) >= 11 is 0. The normalized spacial score (nSPS) is 22.7. The van der Waals surface area contributed by atoms with Crippen molar-refractivity contribution in [3.63, 3.8) is 0 Å². The Kier molecular flexibility index (Phi) is 4.07. The van der Waals surface area contributed by atoms with Crippen molar-refractivity contribution < 1.29 is 23.6 Å². The van der Waals surface area contributed by atoms with Gasteiger partial charge in [0.1, 0.15) is 11.6 Å². The molecule has 1 aliphatic heterocycles. The molecule has 1 aromatic carbocycles. The highest BCUT2D eigenvalue weighted by molar-refractivity contribution is 6.23. The zero-order valence-electron chi connectivity index (χ0n) is 12.5. The van der Waals surface area contributed by atoms with Gasteiger partial charge in [0, 0.05) is 19.3 Å². The second-order valence-electron chi connectivity index (χ2n) is 5.94. The molecule has 2 amide bonds. The van der Waals surface area contributed by atoms with E-state index in [0.29, 0.717) is 19.3 Å². The Morgan fingerprint density at radius 3 is 2.39 bits per heavy atom.